The van der Waals surface area contributed by atoms with E-state index in [0.717, 1.165) is 0 Å². The summed E-state index contributed by atoms with van der Waals surface area (Å²) < 4.78 is 23.6. The second kappa shape index (κ2) is 5.83. The Bertz CT molecular complexity index is 577. The zero-order valence-electron chi connectivity index (χ0n) is 10.4. The van der Waals surface area contributed by atoms with Crippen LogP contribution < -0.4 is 5.73 Å². The fourth-order valence-electron chi connectivity index (χ4n) is 1.53. The maximum Gasteiger partial charge on any atom is 0.307 e. The number of rotatable bonds is 6. The van der Waals surface area contributed by atoms with E-state index < -0.39 is 33.4 Å². The lowest BCUT2D eigenvalue weighted by atomic mass is 10.1. The Balaban J connectivity index is 2.78. The number of hydrogen-bond acceptors (Lipinski definition) is 4. The first-order valence-corrected chi connectivity index (χ1v) is 7.35. The minimum absolute atomic E-state index is 0.260. The van der Waals surface area contributed by atoms with Gasteiger partial charge in [-0.15, -0.1) is 0 Å². The highest BCUT2D eigenvalue weighted by atomic mass is 32.2. The fraction of sp³-hybridized carbons (Fsp3) is 0.333. The van der Waals surface area contributed by atoms with Crippen LogP contribution in [0.2, 0.25) is 0 Å². The molecule has 0 aliphatic heterocycles. The molecular weight excluding hydrogens is 270 g/mol. The predicted molar refractivity (Wildman–Crippen MR) is 69.3 cm³/mol. The van der Waals surface area contributed by atoms with Crippen LogP contribution in [0.1, 0.15) is 22.8 Å². The van der Waals surface area contributed by atoms with E-state index in [1.807, 2.05) is 0 Å². The van der Waals surface area contributed by atoms with E-state index in [-0.39, 0.29) is 5.75 Å². The Morgan fingerprint density at radius 3 is 2.21 bits per heavy atom. The SMILES string of the molecule is CC(CS(=O)(=O)Cc1ccc(C(N)=O)cc1)C(=O)O. The third-order valence-corrected chi connectivity index (χ3v) is 4.33. The number of hydrogen-bond donors (Lipinski definition) is 2. The van der Waals surface area contributed by atoms with E-state index in [1.165, 1.54) is 31.2 Å². The van der Waals surface area contributed by atoms with Gasteiger partial charge in [-0.1, -0.05) is 19.1 Å². The van der Waals surface area contributed by atoms with E-state index in [1.54, 1.807) is 0 Å². The van der Waals surface area contributed by atoms with Crippen LogP contribution in [0.5, 0.6) is 0 Å². The summed E-state index contributed by atoms with van der Waals surface area (Å²) in [6, 6.07) is 5.85. The van der Waals surface area contributed by atoms with E-state index in [4.69, 9.17) is 10.8 Å². The van der Waals surface area contributed by atoms with Gasteiger partial charge in [-0.3, -0.25) is 9.59 Å². The molecule has 104 valence electrons. The van der Waals surface area contributed by atoms with Crippen molar-refractivity contribution in [2.45, 2.75) is 12.7 Å². The lowest BCUT2D eigenvalue weighted by molar-refractivity contribution is -0.140. The first kappa shape index (κ1) is 15.2. The number of carbonyl (C=O) groups is 2. The van der Waals surface area contributed by atoms with Crippen molar-refractivity contribution in [1.82, 2.24) is 0 Å². The summed E-state index contributed by atoms with van der Waals surface area (Å²) in [6.07, 6.45) is 0. The van der Waals surface area contributed by atoms with Gasteiger partial charge < -0.3 is 10.8 Å². The van der Waals surface area contributed by atoms with Crippen LogP contribution in [0.15, 0.2) is 24.3 Å². The summed E-state index contributed by atoms with van der Waals surface area (Å²) in [5.74, 6) is -3.36. The molecule has 0 aliphatic rings. The molecule has 6 nitrogen and oxygen atoms in total. The number of carboxylic acid groups (broad SMARTS) is 1. The number of carbonyl (C=O) groups excluding carboxylic acids is 1. The lowest BCUT2D eigenvalue weighted by Gasteiger charge is -2.08. The fourth-order valence-corrected chi connectivity index (χ4v) is 3.25. The summed E-state index contributed by atoms with van der Waals surface area (Å²) in [5.41, 5.74) is 5.85. The van der Waals surface area contributed by atoms with Crippen LogP contribution in [-0.4, -0.2) is 31.2 Å². The molecule has 0 saturated carbocycles. The van der Waals surface area contributed by atoms with Crippen molar-refractivity contribution >= 4 is 21.7 Å². The highest BCUT2D eigenvalue weighted by Gasteiger charge is 2.21. The quantitative estimate of drug-likeness (QED) is 0.786. The largest absolute Gasteiger partial charge is 0.481 e. The highest BCUT2D eigenvalue weighted by Crippen LogP contribution is 2.11. The van der Waals surface area contributed by atoms with Crippen LogP contribution in [-0.2, 0) is 20.4 Å². The van der Waals surface area contributed by atoms with Crippen LogP contribution in [0, 0.1) is 5.92 Å². The molecule has 0 aromatic heterocycles. The standard InChI is InChI=1S/C12H15NO5S/c1-8(12(15)16)6-19(17,18)7-9-2-4-10(5-3-9)11(13)14/h2-5,8H,6-7H2,1H3,(H2,13,14)(H,15,16). The zero-order chi connectivity index (χ0) is 14.6. The summed E-state index contributed by atoms with van der Waals surface area (Å²) in [5, 5.41) is 8.69. The molecular formula is C12H15NO5S. The summed E-state index contributed by atoms with van der Waals surface area (Å²) in [7, 11) is -3.51. The number of aliphatic carboxylic acids is 1. The Hall–Kier alpha value is -1.89. The van der Waals surface area contributed by atoms with E-state index in [2.05, 4.69) is 0 Å². The zero-order valence-corrected chi connectivity index (χ0v) is 11.2. The Kier molecular flexibility index (Phi) is 4.66. The molecule has 1 aromatic carbocycles. The van der Waals surface area contributed by atoms with Gasteiger partial charge in [0.05, 0.1) is 17.4 Å². The minimum atomic E-state index is -3.51. The number of amides is 1. The molecule has 0 radical (unpaired) electrons. The second-order valence-electron chi connectivity index (χ2n) is 4.36. The van der Waals surface area contributed by atoms with E-state index in [9.17, 15) is 18.0 Å². The lowest BCUT2D eigenvalue weighted by Crippen LogP contribution is -2.22. The number of carboxylic acids is 1. The average molecular weight is 285 g/mol. The van der Waals surface area contributed by atoms with Gasteiger partial charge in [0, 0.05) is 5.56 Å². The molecule has 1 aromatic rings. The highest BCUT2D eigenvalue weighted by molar-refractivity contribution is 7.90. The van der Waals surface area contributed by atoms with Crippen molar-refractivity contribution < 1.29 is 23.1 Å². The first-order valence-electron chi connectivity index (χ1n) is 5.53. The van der Waals surface area contributed by atoms with Crippen molar-refractivity contribution in [3.8, 4) is 0 Å². The van der Waals surface area contributed by atoms with Gasteiger partial charge in [-0.25, -0.2) is 8.42 Å². The molecule has 7 heteroatoms. The van der Waals surface area contributed by atoms with Crippen LogP contribution in [0.25, 0.3) is 0 Å². The number of benzene rings is 1. The molecule has 0 aliphatic carbocycles. The summed E-state index contributed by atoms with van der Waals surface area (Å²) >= 11 is 0. The monoisotopic (exact) mass is 285 g/mol. The molecule has 1 atom stereocenters. The molecule has 0 saturated heterocycles. The van der Waals surface area contributed by atoms with Gasteiger partial charge >= 0.3 is 5.97 Å². The Morgan fingerprint density at radius 1 is 1.26 bits per heavy atom. The molecule has 1 unspecified atom stereocenters. The van der Waals surface area contributed by atoms with Crippen molar-refractivity contribution in [3.05, 3.63) is 35.4 Å². The van der Waals surface area contributed by atoms with Gasteiger partial charge in [0.25, 0.3) is 0 Å². The summed E-state index contributed by atoms with van der Waals surface area (Å²) in [4.78, 5) is 21.5. The van der Waals surface area contributed by atoms with Crippen molar-refractivity contribution in [1.29, 1.82) is 0 Å². The molecule has 0 heterocycles. The van der Waals surface area contributed by atoms with Crippen molar-refractivity contribution in [2.75, 3.05) is 5.75 Å². The molecule has 1 rings (SSSR count). The van der Waals surface area contributed by atoms with Gasteiger partial charge in [0.1, 0.15) is 0 Å². The van der Waals surface area contributed by atoms with Gasteiger partial charge in [0.2, 0.25) is 5.91 Å². The van der Waals surface area contributed by atoms with Crippen LogP contribution in [0.4, 0.5) is 0 Å². The third-order valence-electron chi connectivity index (χ3n) is 2.55. The molecule has 0 fully saturated rings. The van der Waals surface area contributed by atoms with Crippen LogP contribution >= 0.6 is 0 Å². The Morgan fingerprint density at radius 2 is 1.79 bits per heavy atom. The number of sulfone groups is 1. The van der Waals surface area contributed by atoms with E-state index in [0.29, 0.717) is 11.1 Å². The average Bonchev–Trinajstić information content (AvgIpc) is 2.28. The maximum absolute atomic E-state index is 11.8. The second-order valence-corrected chi connectivity index (χ2v) is 6.46. The van der Waals surface area contributed by atoms with Crippen molar-refractivity contribution in [2.24, 2.45) is 11.7 Å². The molecule has 3 N–H and O–H groups in total. The number of nitrogens with two attached hydrogens (primary N) is 1. The topological polar surface area (TPSA) is 115 Å². The minimum Gasteiger partial charge on any atom is -0.481 e. The van der Waals surface area contributed by atoms with Gasteiger partial charge in [-0.2, -0.15) is 0 Å². The maximum atomic E-state index is 11.8. The first-order chi connectivity index (χ1) is 8.71. The number of primary amides is 1. The third kappa shape index (κ3) is 4.70. The molecule has 1 amide bonds. The van der Waals surface area contributed by atoms with Gasteiger partial charge in [0.15, 0.2) is 9.84 Å². The smallest absolute Gasteiger partial charge is 0.307 e. The molecule has 0 bridgehead atoms. The van der Waals surface area contributed by atoms with Crippen molar-refractivity contribution in [3.63, 3.8) is 0 Å². The molecule has 0 spiro atoms. The van der Waals surface area contributed by atoms with E-state index >= 15 is 0 Å². The van der Waals surface area contributed by atoms with Gasteiger partial charge in [-0.05, 0) is 17.7 Å². The summed E-state index contributed by atoms with van der Waals surface area (Å²) in [6.45, 7) is 1.34. The normalized spacial score (nSPS) is 12.9. The Labute approximate surface area is 111 Å². The predicted octanol–water partition coefficient (Wildman–Crippen LogP) is 0.421. The molecule has 19 heavy (non-hydrogen) atoms. The van der Waals surface area contributed by atoms with Crippen LogP contribution in [0.3, 0.4) is 0 Å².